The zero-order valence-corrected chi connectivity index (χ0v) is 34.6. The molecule has 0 saturated carbocycles. The highest BCUT2D eigenvalue weighted by molar-refractivity contribution is 8.01. The number of nitrogens with zero attached hydrogens (tertiary/aromatic N) is 6. The highest BCUT2D eigenvalue weighted by atomic mass is 32.2. The van der Waals surface area contributed by atoms with Crippen LogP contribution in [0, 0.1) is 27.7 Å². The van der Waals surface area contributed by atoms with Crippen molar-refractivity contribution in [2.75, 3.05) is 21.3 Å². The smallest absolute Gasteiger partial charge is 0.240 e. The maximum absolute atomic E-state index is 13.2. The standard InChI is InChI=1S/C43H34N6O4S4/c1-22-5-9-28(10-6-22)40-48(34(50)20-54-40)42-46-44-38(56-42)32-16-26(14-30-24(3)18-52-36(30)32)13-27-15-31-25(4)19-53-37(31)33(17-27)39-45-47-43(57-39)49-35(51)21-55-41(49)29-11-7-23(2)8-12-29/h5-12,14-19,40-41H,13,20-21H2,1-4H3. The number of carbonyl (C=O) groups is 2. The van der Waals surface area contributed by atoms with Gasteiger partial charge in [0.15, 0.2) is 10.0 Å². The zero-order chi connectivity index (χ0) is 38.9. The minimum atomic E-state index is -0.167. The maximum atomic E-state index is 13.2. The topological polar surface area (TPSA) is 118 Å². The molecular weight excluding hydrogens is 793 g/mol. The number of carbonyl (C=O) groups excluding carboxylic acids is 2. The van der Waals surface area contributed by atoms with Gasteiger partial charge in [-0.3, -0.25) is 19.4 Å². The average Bonchev–Trinajstić information content (AvgIpc) is 4.08. The van der Waals surface area contributed by atoms with Gasteiger partial charge in [-0.1, -0.05) is 82.3 Å². The number of furan rings is 2. The fraction of sp³-hybridized carbons (Fsp3) is 0.209. The Kier molecular flexibility index (Phi) is 9.04. The molecular formula is C43H34N6O4S4. The van der Waals surface area contributed by atoms with Crippen LogP contribution in [0.2, 0.25) is 0 Å². The van der Waals surface area contributed by atoms with Crippen molar-refractivity contribution in [3.8, 4) is 21.1 Å². The molecule has 10 nitrogen and oxygen atoms in total. The first-order chi connectivity index (χ1) is 27.7. The van der Waals surface area contributed by atoms with Gasteiger partial charge in [-0.2, -0.15) is 0 Å². The van der Waals surface area contributed by atoms with E-state index < -0.39 is 0 Å². The van der Waals surface area contributed by atoms with E-state index in [1.165, 1.54) is 33.8 Å². The second kappa shape index (κ2) is 14.3. The first-order valence-electron chi connectivity index (χ1n) is 18.4. The normalized spacial score (nSPS) is 17.3. The number of hydrogen-bond acceptors (Lipinski definition) is 12. The molecule has 6 heterocycles. The lowest BCUT2D eigenvalue weighted by molar-refractivity contribution is -0.116. The van der Waals surface area contributed by atoms with Crippen LogP contribution in [0.5, 0.6) is 0 Å². The first-order valence-corrected chi connectivity index (χ1v) is 22.1. The zero-order valence-electron chi connectivity index (χ0n) is 31.3. The summed E-state index contributed by atoms with van der Waals surface area (Å²) in [7, 11) is 0. The minimum absolute atomic E-state index is 0.0151. The van der Waals surface area contributed by atoms with Gasteiger partial charge in [0.05, 0.1) is 35.2 Å². The van der Waals surface area contributed by atoms with E-state index in [0.717, 1.165) is 66.4 Å². The summed E-state index contributed by atoms with van der Waals surface area (Å²) < 4.78 is 12.3. The maximum Gasteiger partial charge on any atom is 0.240 e. The third-order valence-electron chi connectivity index (χ3n) is 10.4. The molecule has 14 heteroatoms. The molecule has 2 fully saturated rings. The fourth-order valence-corrected chi connectivity index (χ4v) is 11.7. The summed E-state index contributed by atoms with van der Waals surface area (Å²) in [4.78, 5) is 30.0. The molecule has 0 aliphatic carbocycles. The van der Waals surface area contributed by atoms with Crippen LogP contribution in [-0.4, -0.2) is 43.7 Å². The van der Waals surface area contributed by atoms with Gasteiger partial charge >= 0.3 is 0 Å². The number of anilines is 2. The van der Waals surface area contributed by atoms with Gasteiger partial charge in [-0.25, -0.2) is 0 Å². The van der Waals surface area contributed by atoms with E-state index in [1.807, 2.05) is 13.8 Å². The Hall–Kier alpha value is -5.28. The number of hydrogen-bond donors (Lipinski definition) is 0. The van der Waals surface area contributed by atoms with Crippen molar-refractivity contribution in [1.29, 1.82) is 0 Å². The van der Waals surface area contributed by atoms with E-state index in [4.69, 9.17) is 8.83 Å². The Morgan fingerprint density at radius 3 is 1.44 bits per heavy atom. The van der Waals surface area contributed by atoms with Gasteiger partial charge in [0.25, 0.3) is 0 Å². The number of thioether (sulfide) groups is 2. The largest absolute Gasteiger partial charge is 0.463 e. The average molecular weight is 827 g/mol. The Labute approximate surface area is 344 Å². The summed E-state index contributed by atoms with van der Waals surface area (Å²) in [6.07, 6.45) is 4.14. The summed E-state index contributed by atoms with van der Waals surface area (Å²) in [5, 5.41) is 22.5. The second-order valence-electron chi connectivity index (χ2n) is 14.5. The first kappa shape index (κ1) is 36.1. The molecule has 0 radical (unpaired) electrons. The molecule has 2 amide bonds. The van der Waals surface area contributed by atoms with Gasteiger partial charge in [0.1, 0.15) is 21.9 Å². The Morgan fingerprint density at radius 2 is 1.02 bits per heavy atom. The SMILES string of the molecule is Cc1ccc(C2SCC(=O)N2c2nnc(-c3cc(Cc4cc(-c5nnc(N6C(=O)CSC6c6ccc(C)cc6)s5)c5occ(C)c5c4)cc4c(C)coc34)s2)cc1. The highest BCUT2D eigenvalue weighted by Crippen LogP contribution is 2.47. The third-order valence-corrected chi connectivity index (χ3v) is 14.8. The van der Waals surface area contributed by atoms with Crippen LogP contribution in [-0.2, 0) is 16.0 Å². The molecule has 284 valence electrons. The number of benzene rings is 4. The van der Waals surface area contributed by atoms with Crippen molar-refractivity contribution >= 4 is 90.2 Å². The van der Waals surface area contributed by atoms with E-state index >= 15 is 0 Å². The lowest BCUT2D eigenvalue weighted by atomic mass is 9.97. The number of amides is 2. The van der Waals surface area contributed by atoms with Crippen molar-refractivity contribution in [3.05, 3.63) is 130 Å². The molecule has 2 aliphatic rings. The van der Waals surface area contributed by atoms with Crippen LogP contribution in [0.1, 0.15) is 55.3 Å². The van der Waals surface area contributed by atoms with Crippen LogP contribution in [0.4, 0.5) is 10.3 Å². The van der Waals surface area contributed by atoms with Gasteiger partial charge in [0.2, 0.25) is 22.1 Å². The summed E-state index contributed by atoms with van der Waals surface area (Å²) in [6.45, 7) is 8.19. The van der Waals surface area contributed by atoms with Gasteiger partial charge in [-0.15, -0.1) is 43.9 Å². The highest BCUT2D eigenvalue weighted by Gasteiger charge is 2.38. The van der Waals surface area contributed by atoms with Gasteiger partial charge < -0.3 is 8.83 Å². The number of aromatic nitrogens is 4. The molecule has 4 aromatic carbocycles. The predicted molar refractivity (Wildman–Crippen MR) is 230 cm³/mol. The Balaban J connectivity index is 0.995. The molecule has 2 atom stereocenters. The monoisotopic (exact) mass is 826 g/mol. The van der Waals surface area contributed by atoms with Crippen molar-refractivity contribution in [2.45, 2.75) is 44.9 Å². The Bertz CT molecular complexity index is 2670. The molecule has 0 spiro atoms. The number of fused-ring (bicyclic) bond motifs is 2. The summed E-state index contributed by atoms with van der Waals surface area (Å²) >= 11 is 6.00. The van der Waals surface area contributed by atoms with Crippen LogP contribution in [0.3, 0.4) is 0 Å². The van der Waals surface area contributed by atoms with E-state index in [2.05, 4.69) is 107 Å². The molecule has 10 rings (SSSR count). The van der Waals surface area contributed by atoms with E-state index in [9.17, 15) is 9.59 Å². The molecule has 2 saturated heterocycles. The molecule has 2 aliphatic heterocycles. The van der Waals surface area contributed by atoms with Gasteiger partial charge in [-0.05, 0) is 91.8 Å². The third kappa shape index (κ3) is 6.44. The fourth-order valence-electron chi connectivity index (χ4n) is 7.46. The van der Waals surface area contributed by atoms with E-state index in [1.54, 1.807) is 45.8 Å². The molecule has 0 N–H and O–H groups in total. The van der Waals surface area contributed by atoms with Crippen molar-refractivity contribution in [2.24, 2.45) is 0 Å². The summed E-state index contributed by atoms with van der Waals surface area (Å²) in [5.74, 6) is 0.798. The van der Waals surface area contributed by atoms with Crippen molar-refractivity contribution in [3.63, 3.8) is 0 Å². The van der Waals surface area contributed by atoms with Gasteiger partial charge in [0, 0.05) is 10.8 Å². The quantitative estimate of drug-likeness (QED) is 0.146. The second-order valence-corrected chi connectivity index (χ2v) is 18.6. The molecule has 4 aromatic heterocycles. The molecule has 8 aromatic rings. The van der Waals surface area contributed by atoms with Crippen LogP contribution >= 0.6 is 46.2 Å². The predicted octanol–water partition coefficient (Wildman–Crippen LogP) is 10.6. The summed E-state index contributed by atoms with van der Waals surface area (Å²) in [6, 6.07) is 25.2. The lowest BCUT2D eigenvalue weighted by Gasteiger charge is -2.21. The number of rotatable bonds is 8. The van der Waals surface area contributed by atoms with Crippen LogP contribution in [0.25, 0.3) is 43.1 Å². The molecule has 0 bridgehead atoms. The molecule has 2 unspecified atom stereocenters. The van der Waals surface area contributed by atoms with Crippen LogP contribution in [0.15, 0.2) is 94.2 Å². The number of aryl methyl sites for hydroxylation is 4. The Morgan fingerprint density at radius 1 is 0.596 bits per heavy atom. The van der Waals surface area contributed by atoms with Crippen LogP contribution < -0.4 is 9.80 Å². The van der Waals surface area contributed by atoms with Crippen molar-refractivity contribution in [1.82, 2.24) is 20.4 Å². The summed E-state index contributed by atoms with van der Waals surface area (Å²) in [5.41, 5.74) is 11.7. The van der Waals surface area contributed by atoms with Crippen molar-refractivity contribution < 1.29 is 18.4 Å². The van der Waals surface area contributed by atoms with E-state index in [0.29, 0.717) is 38.2 Å². The van der Waals surface area contributed by atoms with E-state index in [-0.39, 0.29) is 22.6 Å². The molecule has 57 heavy (non-hydrogen) atoms. The lowest BCUT2D eigenvalue weighted by Crippen LogP contribution is -2.27. The minimum Gasteiger partial charge on any atom is -0.463 e.